The van der Waals surface area contributed by atoms with Gasteiger partial charge in [-0.25, -0.2) is 4.72 Å². The normalized spacial score (nSPS) is 30.9. The van der Waals surface area contributed by atoms with Crippen LogP contribution in [0.15, 0.2) is 0 Å². The van der Waals surface area contributed by atoms with Crippen LogP contribution in [-0.4, -0.2) is 50.2 Å². The number of carbonyl (C=O) groups excluding carboxylic acids is 1. The Labute approximate surface area is 95.6 Å². The average Bonchev–Trinajstić information content (AvgIpc) is 2.80. The molecular formula is C9H17N3O3S. The lowest BCUT2D eigenvalue weighted by Crippen LogP contribution is -2.45. The van der Waals surface area contributed by atoms with Crippen LogP contribution in [0.5, 0.6) is 0 Å². The van der Waals surface area contributed by atoms with Gasteiger partial charge in [0.1, 0.15) is 0 Å². The van der Waals surface area contributed by atoms with Gasteiger partial charge in [0.25, 0.3) is 10.2 Å². The first-order valence-electron chi connectivity index (χ1n) is 5.59. The number of nitrogens with zero attached hydrogens (tertiary/aromatic N) is 1. The second-order valence-corrected chi connectivity index (χ2v) is 5.91. The molecule has 2 aliphatic heterocycles. The Morgan fingerprint density at radius 3 is 3.00 bits per heavy atom. The summed E-state index contributed by atoms with van der Waals surface area (Å²) in [5, 5.41) is 3.04. The number of ketones is 1. The highest BCUT2D eigenvalue weighted by molar-refractivity contribution is 7.87. The van der Waals surface area contributed by atoms with Gasteiger partial charge in [0.05, 0.1) is 18.6 Å². The van der Waals surface area contributed by atoms with E-state index in [9.17, 15) is 13.2 Å². The highest BCUT2D eigenvalue weighted by atomic mass is 32.2. The van der Waals surface area contributed by atoms with Crippen molar-refractivity contribution in [3.05, 3.63) is 0 Å². The Morgan fingerprint density at radius 2 is 2.31 bits per heavy atom. The summed E-state index contributed by atoms with van der Waals surface area (Å²) in [5.41, 5.74) is 0. The molecule has 0 aromatic rings. The molecule has 0 amide bonds. The molecule has 2 fully saturated rings. The predicted molar refractivity (Wildman–Crippen MR) is 59.1 cm³/mol. The largest absolute Gasteiger partial charge is 0.306 e. The lowest BCUT2D eigenvalue weighted by Gasteiger charge is -2.21. The summed E-state index contributed by atoms with van der Waals surface area (Å²) >= 11 is 0. The molecule has 2 unspecified atom stereocenters. The maximum atomic E-state index is 11.9. The van der Waals surface area contributed by atoms with Crippen molar-refractivity contribution >= 4 is 16.0 Å². The summed E-state index contributed by atoms with van der Waals surface area (Å²) in [6.45, 7) is 3.03. The van der Waals surface area contributed by atoms with E-state index in [1.165, 1.54) is 4.31 Å². The molecule has 0 bridgehead atoms. The lowest BCUT2D eigenvalue weighted by atomic mass is 10.1. The van der Waals surface area contributed by atoms with Crippen molar-refractivity contribution in [2.24, 2.45) is 0 Å². The number of Topliss-reactive ketones (excluding diaryl/α,β-unsaturated/α-hetero) is 1. The Hall–Kier alpha value is -0.500. The molecule has 6 nitrogen and oxygen atoms in total. The van der Waals surface area contributed by atoms with Crippen LogP contribution in [0.25, 0.3) is 0 Å². The van der Waals surface area contributed by atoms with Gasteiger partial charge in [-0.15, -0.1) is 0 Å². The van der Waals surface area contributed by atoms with Crippen molar-refractivity contribution < 1.29 is 13.2 Å². The predicted octanol–water partition coefficient (Wildman–Crippen LogP) is -1.15. The molecule has 0 radical (unpaired) electrons. The Kier molecular flexibility index (Phi) is 3.29. The van der Waals surface area contributed by atoms with E-state index in [0.29, 0.717) is 19.5 Å². The van der Waals surface area contributed by atoms with Gasteiger partial charge in [0.15, 0.2) is 5.78 Å². The van der Waals surface area contributed by atoms with Crippen LogP contribution in [0.1, 0.15) is 19.8 Å². The monoisotopic (exact) mass is 247 g/mol. The van der Waals surface area contributed by atoms with Crippen LogP contribution < -0.4 is 10.0 Å². The van der Waals surface area contributed by atoms with Crippen molar-refractivity contribution in [1.29, 1.82) is 0 Å². The number of hydrogen-bond donors (Lipinski definition) is 2. The minimum Gasteiger partial charge on any atom is -0.306 e. The average molecular weight is 247 g/mol. The van der Waals surface area contributed by atoms with Crippen molar-refractivity contribution in [2.75, 3.05) is 19.6 Å². The van der Waals surface area contributed by atoms with E-state index in [-0.39, 0.29) is 24.4 Å². The topological polar surface area (TPSA) is 78.5 Å². The van der Waals surface area contributed by atoms with Crippen molar-refractivity contribution in [3.63, 3.8) is 0 Å². The first-order valence-corrected chi connectivity index (χ1v) is 7.03. The number of rotatable bonds is 4. The smallest absolute Gasteiger partial charge is 0.280 e. The summed E-state index contributed by atoms with van der Waals surface area (Å²) in [7, 11) is -3.49. The van der Waals surface area contributed by atoms with Crippen molar-refractivity contribution in [1.82, 2.24) is 14.3 Å². The van der Waals surface area contributed by atoms with Crippen LogP contribution in [0.3, 0.4) is 0 Å². The molecule has 2 heterocycles. The highest BCUT2D eigenvalue weighted by Gasteiger charge is 2.48. The number of nitrogens with one attached hydrogen (secondary N) is 2. The number of hydrogen-bond acceptors (Lipinski definition) is 4. The molecule has 0 aromatic heterocycles. The standard InChI is InChI=1S/C9H17N3O3S/c1-2-4-11-16(14,15)12-6-8(13)9-7(12)3-5-10-9/h7,9-11H,2-6H2,1H3. The van der Waals surface area contributed by atoms with Crippen molar-refractivity contribution in [2.45, 2.75) is 31.8 Å². The van der Waals surface area contributed by atoms with E-state index in [2.05, 4.69) is 10.0 Å². The fourth-order valence-corrected chi connectivity index (χ4v) is 3.78. The molecule has 2 N–H and O–H groups in total. The zero-order chi connectivity index (χ0) is 11.8. The minimum atomic E-state index is -3.49. The van der Waals surface area contributed by atoms with Gasteiger partial charge in [0, 0.05) is 6.54 Å². The van der Waals surface area contributed by atoms with Crippen LogP contribution in [0.2, 0.25) is 0 Å². The number of carbonyl (C=O) groups is 1. The molecule has 7 heteroatoms. The van der Waals surface area contributed by atoms with Crippen LogP contribution in [0, 0.1) is 0 Å². The van der Waals surface area contributed by atoms with Gasteiger partial charge in [-0.05, 0) is 19.4 Å². The van der Waals surface area contributed by atoms with E-state index in [1.54, 1.807) is 0 Å². The summed E-state index contributed by atoms with van der Waals surface area (Å²) in [6, 6.07) is -0.486. The molecule has 16 heavy (non-hydrogen) atoms. The zero-order valence-corrected chi connectivity index (χ0v) is 10.1. The third-order valence-corrected chi connectivity index (χ3v) is 4.65. The second-order valence-electron chi connectivity index (χ2n) is 4.20. The SMILES string of the molecule is CCCNS(=O)(=O)N1CC(=O)C2NCCC21. The Balaban J connectivity index is 2.13. The Bertz CT molecular complexity index is 381. The van der Waals surface area contributed by atoms with Crippen LogP contribution in [0.4, 0.5) is 0 Å². The minimum absolute atomic E-state index is 0.00137. The molecule has 0 spiro atoms. The third kappa shape index (κ3) is 2.00. The molecule has 92 valence electrons. The van der Waals surface area contributed by atoms with Crippen molar-refractivity contribution in [3.8, 4) is 0 Å². The summed E-state index contributed by atoms with van der Waals surface area (Å²) in [6.07, 6.45) is 1.46. The molecular weight excluding hydrogens is 230 g/mol. The number of fused-ring (bicyclic) bond motifs is 1. The summed E-state index contributed by atoms with van der Waals surface area (Å²) < 4.78 is 27.6. The fourth-order valence-electron chi connectivity index (χ4n) is 2.27. The van der Waals surface area contributed by atoms with E-state index < -0.39 is 10.2 Å². The highest BCUT2D eigenvalue weighted by Crippen LogP contribution is 2.24. The second kappa shape index (κ2) is 4.40. The van der Waals surface area contributed by atoms with E-state index in [1.807, 2.05) is 6.92 Å². The molecule has 0 saturated carbocycles. The van der Waals surface area contributed by atoms with Gasteiger partial charge in [0.2, 0.25) is 0 Å². The van der Waals surface area contributed by atoms with E-state index in [0.717, 1.165) is 6.42 Å². The Morgan fingerprint density at radius 1 is 1.56 bits per heavy atom. The maximum absolute atomic E-state index is 11.9. The van der Waals surface area contributed by atoms with Gasteiger partial charge in [-0.2, -0.15) is 12.7 Å². The molecule has 2 saturated heterocycles. The molecule has 0 aliphatic carbocycles. The van der Waals surface area contributed by atoms with Gasteiger partial charge in [-0.3, -0.25) is 4.79 Å². The van der Waals surface area contributed by atoms with Crippen LogP contribution >= 0.6 is 0 Å². The zero-order valence-electron chi connectivity index (χ0n) is 9.27. The molecule has 2 aliphatic rings. The van der Waals surface area contributed by atoms with Crippen LogP contribution in [-0.2, 0) is 15.0 Å². The van der Waals surface area contributed by atoms with Gasteiger partial charge < -0.3 is 5.32 Å². The lowest BCUT2D eigenvalue weighted by molar-refractivity contribution is -0.118. The quantitative estimate of drug-likeness (QED) is 0.657. The van der Waals surface area contributed by atoms with E-state index >= 15 is 0 Å². The maximum Gasteiger partial charge on any atom is 0.280 e. The fraction of sp³-hybridized carbons (Fsp3) is 0.889. The third-order valence-electron chi connectivity index (χ3n) is 3.06. The summed E-state index contributed by atoms with van der Waals surface area (Å²) in [4.78, 5) is 11.6. The first kappa shape index (κ1) is 12.0. The van der Waals surface area contributed by atoms with E-state index in [4.69, 9.17) is 0 Å². The first-order chi connectivity index (χ1) is 7.56. The molecule has 2 rings (SSSR count). The van der Waals surface area contributed by atoms with Gasteiger partial charge >= 0.3 is 0 Å². The molecule has 0 aromatic carbocycles. The van der Waals surface area contributed by atoms with Gasteiger partial charge in [-0.1, -0.05) is 6.92 Å². The summed E-state index contributed by atoms with van der Waals surface area (Å²) in [5.74, 6) is -0.0237. The molecule has 2 atom stereocenters.